The van der Waals surface area contributed by atoms with E-state index in [4.69, 9.17) is 9.72 Å². The number of methoxy groups -OCH3 is 1. The van der Waals surface area contributed by atoms with Crippen molar-refractivity contribution in [1.82, 2.24) is 4.98 Å². The summed E-state index contributed by atoms with van der Waals surface area (Å²) in [6.45, 7) is 4.32. The van der Waals surface area contributed by atoms with E-state index >= 15 is 0 Å². The van der Waals surface area contributed by atoms with Crippen molar-refractivity contribution in [2.45, 2.75) is 69.4 Å². The lowest BCUT2D eigenvalue weighted by atomic mass is 9.88. The third kappa shape index (κ3) is 7.89. The third-order valence-corrected chi connectivity index (χ3v) is 15.2. The van der Waals surface area contributed by atoms with Gasteiger partial charge in [0.15, 0.2) is 0 Å². The van der Waals surface area contributed by atoms with Crippen LogP contribution in [0.25, 0.3) is 10.2 Å². The van der Waals surface area contributed by atoms with Crippen LogP contribution in [0.2, 0.25) is 5.04 Å². The summed E-state index contributed by atoms with van der Waals surface area (Å²) in [7, 11) is -1.91. The number of Topliss-reactive ketones (excluding diaryl/α,β-unsaturated/α-hetero) is 1. The summed E-state index contributed by atoms with van der Waals surface area (Å²) in [6, 6.07) is 28.2. The van der Waals surface area contributed by atoms with E-state index in [9.17, 15) is 19.5 Å². The number of carbonyl (C=O) groups is 2. The second-order valence-corrected chi connectivity index (χ2v) is 18.1. The second-order valence-electron chi connectivity index (χ2n) is 13.1. The number of rotatable bonds is 14. The Morgan fingerprint density at radius 2 is 1.66 bits per heavy atom. The molecule has 246 valence electrons. The Kier molecular flexibility index (Phi) is 11.4. The van der Waals surface area contributed by atoms with E-state index in [2.05, 4.69) is 26.0 Å². The number of fused-ring (bicyclic) bond motifs is 1. The van der Waals surface area contributed by atoms with Crippen molar-refractivity contribution in [3.05, 3.63) is 114 Å². The fraction of sp³-hybridized carbons (Fsp3) is 0.359. The van der Waals surface area contributed by atoms with Crippen LogP contribution in [0.5, 0.6) is 0 Å². The first-order valence-corrected chi connectivity index (χ1v) is 19.2. The molecule has 0 aliphatic heterocycles. The number of hydrogen-bond acceptors (Lipinski definition) is 7. The van der Waals surface area contributed by atoms with Crippen LogP contribution >= 0.6 is 11.3 Å². The molecule has 1 saturated carbocycles. The number of unbranched alkanes of at least 4 members (excludes halogenated alkanes) is 1. The summed E-state index contributed by atoms with van der Waals surface area (Å²) in [4.78, 5) is 42.6. The van der Waals surface area contributed by atoms with Crippen LogP contribution in [-0.4, -0.2) is 48.2 Å². The highest BCUT2D eigenvalue weighted by atomic mass is 32.1. The highest BCUT2D eigenvalue weighted by Gasteiger charge is 2.51. The van der Waals surface area contributed by atoms with Gasteiger partial charge in [-0.25, -0.2) is 4.98 Å². The Balaban J connectivity index is 1.45. The van der Waals surface area contributed by atoms with Gasteiger partial charge in [0.2, 0.25) is 0 Å². The monoisotopic (exact) mass is 667 g/mol. The Bertz CT molecular complexity index is 1630. The van der Waals surface area contributed by atoms with Crippen LogP contribution in [0.15, 0.2) is 109 Å². The van der Waals surface area contributed by atoms with Gasteiger partial charge in [0, 0.05) is 30.6 Å². The van der Waals surface area contributed by atoms with Crippen molar-refractivity contribution >= 4 is 52.0 Å². The number of ether oxygens (including phenoxy) is 1. The SMILES string of the molecule is COC(=O)CCC/C=C\C[C@H]1[C@@H](O)CC(=O)[C@@H]1/C=C/[C@@H](CC(C)(C)[Si](O)(c1ccccc1)c1ccccc1)c1nc2ccccc2s1. The van der Waals surface area contributed by atoms with E-state index in [1.165, 1.54) is 7.11 Å². The molecule has 2 N–H and O–H groups in total. The van der Waals surface area contributed by atoms with E-state index in [0.717, 1.165) is 32.0 Å². The summed E-state index contributed by atoms with van der Waals surface area (Å²) in [6.07, 6.45) is 10.6. The topological polar surface area (TPSA) is 96.7 Å². The number of benzene rings is 3. The van der Waals surface area contributed by atoms with Crippen molar-refractivity contribution in [3.63, 3.8) is 0 Å². The molecule has 0 radical (unpaired) electrons. The highest BCUT2D eigenvalue weighted by Crippen LogP contribution is 2.46. The van der Waals surface area contributed by atoms with Crippen LogP contribution < -0.4 is 10.4 Å². The normalized spacial score (nSPS) is 19.6. The number of para-hydroxylation sites is 1. The molecule has 1 heterocycles. The van der Waals surface area contributed by atoms with E-state index in [1.54, 1.807) is 11.3 Å². The molecule has 4 aromatic rings. The van der Waals surface area contributed by atoms with Crippen molar-refractivity contribution in [3.8, 4) is 0 Å². The quantitative estimate of drug-likeness (QED) is 0.0672. The molecular weight excluding hydrogens is 623 g/mol. The van der Waals surface area contributed by atoms with Gasteiger partial charge < -0.3 is 14.6 Å². The van der Waals surface area contributed by atoms with Crippen LogP contribution in [-0.2, 0) is 14.3 Å². The molecule has 4 atom stereocenters. The van der Waals surface area contributed by atoms with Gasteiger partial charge in [-0.3, -0.25) is 9.59 Å². The Hall–Kier alpha value is -3.69. The summed E-state index contributed by atoms with van der Waals surface area (Å²) in [5.41, 5.74) is 0.935. The molecular formula is C39H45NO5SSi. The van der Waals surface area contributed by atoms with Crippen LogP contribution in [0.1, 0.15) is 63.3 Å². The summed E-state index contributed by atoms with van der Waals surface area (Å²) >= 11 is 1.65. The fourth-order valence-electron chi connectivity index (χ4n) is 6.91. The van der Waals surface area contributed by atoms with Gasteiger partial charge in [-0.1, -0.05) is 111 Å². The standard InChI is InChI=1S/C39H45NO5SSi/c1-39(2,47(44,29-16-8-6-9-17-29)30-18-10-7-11-19-30)27-28(38-40-33-21-14-15-22-36(33)46-38)24-25-32-31(34(41)26-35(32)42)20-12-4-5-13-23-37(43)45-3/h4,6-12,14-19,21-22,24-25,28,31-32,34,41,44H,5,13,20,23,26-27H2,1-3H3/b12-4-,25-24+/t28-,31+,32+,34-/m0/s1. The van der Waals surface area contributed by atoms with Crippen LogP contribution in [0, 0.1) is 11.8 Å². The molecule has 6 nitrogen and oxygen atoms in total. The molecule has 0 unspecified atom stereocenters. The molecule has 0 bridgehead atoms. The molecule has 1 fully saturated rings. The number of aliphatic hydroxyl groups is 1. The summed E-state index contributed by atoms with van der Waals surface area (Å²) in [5, 5.41) is 13.2. The van der Waals surface area contributed by atoms with Gasteiger partial charge in [-0.05, 0) is 53.2 Å². The molecule has 0 saturated heterocycles. The smallest absolute Gasteiger partial charge is 0.305 e. The average Bonchev–Trinajstić information content (AvgIpc) is 3.64. The van der Waals surface area contributed by atoms with Crippen molar-refractivity contribution in [2.24, 2.45) is 11.8 Å². The van der Waals surface area contributed by atoms with Crippen LogP contribution in [0.4, 0.5) is 0 Å². The molecule has 1 aliphatic rings. The molecule has 8 heteroatoms. The first kappa shape index (κ1) is 34.6. The predicted octanol–water partition coefficient (Wildman–Crippen LogP) is 6.71. The van der Waals surface area contributed by atoms with E-state index in [-0.39, 0.29) is 30.0 Å². The zero-order chi connectivity index (χ0) is 33.4. The fourth-order valence-corrected chi connectivity index (χ4v) is 11.7. The number of esters is 1. The number of aliphatic hydroxyl groups excluding tert-OH is 1. The number of aromatic nitrogens is 1. The van der Waals surface area contributed by atoms with Crippen LogP contribution in [0.3, 0.4) is 0 Å². The van der Waals surface area contributed by atoms with E-state index in [1.807, 2.05) is 97.1 Å². The van der Waals surface area contributed by atoms with Crippen molar-refractivity contribution in [2.75, 3.05) is 7.11 Å². The first-order chi connectivity index (χ1) is 22.6. The van der Waals surface area contributed by atoms with Gasteiger partial charge in [0.05, 0.1) is 23.4 Å². The molecule has 47 heavy (non-hydrogen) atoms. The average molecular weight is 668 g/mol. The number of hydrogen-bond donors (Lipinski definition) is 2. The molecule has 3 aromatic carbocycles. The number of nitrogens with zero attached hydrogens (tertiary/aromatic N) is 1. The van der Waals surface area contributed by atoms with Gasteiger partial charge in [-0.15, -0.1) is 11.3 Å². The van der Waals surface area contributed by atoms with Crippen molar-refractivity contribution < 1.29 is 24.2 Å². The Morgan fingerprint density at radius 1 is 1.02 bits per heavy atom. The number of carbonyl (C=O) groups excluding carboxylic acids is 2. The summed E-state index contributed by atoms with van der Waals surface area (Å²) < 4.78 is 5.81. The van der Waals surface area contributed by atoms with Crippen molar-refractivity contribution in [1.29, 1.82) is 0 Å². The minimum atomic E-state index is -3.30. The zero-order valence-electron chi connectivity index (χ0n) is 27.4. The van der Waals surface area contributed by atoms with E-state index < -0.39 is 25.4 Å². The maximum Gasteiger partial charge on any atom is 0.305 e. The molecule has 0 spiro atoms. The molecule has 0 amide bonds. The maximum absolute atomic E-state index is 13.2. The van der Waals surface area contributed by atoms with Gasteiger partial charge >= 0.3 is 5.97 Å². The Morgan fingerprint density at radius 3 is 2.30 bits per heavy atom. The molecule has 5 rings (SSSR count). The largest absolute Gasteiger partial charge is 0.469 e. The van der Waals surface area contributed by atoms with Gasteiger partial charge in [0.25, 0.3) is 8.32 Å². The third-order valence-electron chi connectivity index (χ3n) is 9.56. The summed E-state index contributed by atoms with van der Waals surface area (Å²) in [5.74, 6) is -0.975. The predicted molar refractivity (Wildman–Crippen MR) is 193 cm³/mol. The second kappa shape index (κ2) is 15.5. The molecule has 1 aliphatic carbocycles. The minimum Gasteiger partial charge on any atom is -0.469 e. The molecule has 1 aromatic heterocycles. The lowest BCUT2D eigenvalue weighted by molar-refractivity contribution is -0.140. The van der Waals surface area contributed by atoms with Gasteiger partial charge in [0.1, 0.15) is 10.8 Å². The number of allylic oxidation sites excluding steroid dienone is 4. The number of thiazole rings is 1. The van der Waals surface area contributed by atoms with E-state index in [0.29, 0.717) is 25.7 Å². The highest BCUT2D eigenvalue weighted by molar-refractivity contribution is 7.18. The first-order valence-electron chi connectivity index (χ1n) is 16.4. The lowest BCUT2D eigenvalue weighted by Crippen LogP contribution is -2.65. The number of ketones is 1. The maximum atomic E-state index is 13.2. The minimum absolute atomic E-state index is 0.0413. The van der Waals surface area contributed by atoms with Gasteiger partial charge in [-0.2, -0.15) is 0 Å². The Labute approximate surface area is 283 Å². The lowest BCUT2D eigenvalue weighted by Gasteiger charge is -2.42. The zero-order valence-corrected chi connectivity index (χ0v) is 29.2.